The van der Waals surface area contributed by atoms with Gasteiger partial charge in [-0.2, -0.15) is 0 Å². The van der Waals surface area contributed by atoms with Crippen molar-refractivity contribution >= 4 is 21.4 Å². The van der Waals surface area contributed by atoms with Gasteiger partial charge in [0.2, 0.25) is 10.0 Å². The number of rotatable bonds is 5. The van der Waals surface area contributed by atoms with Gasteiger partial charge < -0.3 is 4.74 Å². The average Bonchev–Trinajstić information content (AvgIpc) is 3.16. The van der Waals surface area contributed by atoms with Crippen molar-refractivity contribution in [2.45, 2.75) is 49.3 Å². The molecular weight excluding hydrogens is 366 g/mol. The van der Waals surface area contributed by atoms with Crippen LogP contribution in [0.2, 0.25) is 0 Å². The molecule has 0 unspecified atom stereocenters. The van der Waals surface area contributed by atoms with Crippen molar-refractivity contribution < 1.29 is 13.2 Å². The van der Waals surface area contributed by atoms with E-state index >= 15 is 0 Å². The Morgan fingerprint density at radius 1 is 1.12 bits per heavy atom. The molecule has 1 aliphatic rings. The van der Waals surface area contributed by atoms with Gasteiger partial charge in [0.15, 0.2) is 0 Å². The Balaban J connectivity index is 1.78. The maximum absolute atomic E-state index is 12.8. The van der Waals surface area contributed by atoms with E-state index < -0.39 is 10.0 Å². The molecule has 1 aromatic carbocycles. The molecule has 1 aliphatic heterocycles. The Hall–Kier alpha value is -1.21. The Labute approximate surface area is 160 Å². The normalized spacial score (nSPS) is 18.0. The van der Waals surface area contributed by atoms with E-state index in [0.717, 1.165) is 18.4 Å². The first-order chi connectivity index (χ1) is 12.2. The van der Waals surface area contributed by atoms with Crippen molar-refractivity contribution in [1.82, 2.24) is 4.72 Å². The van der Waals surface area contributed by atoms with Gasteiger partial charge in [0.05, 0.1) is 4.90 Å². The fourth-order valence-electron chi connectivity index (χ4n) is 3.30. The van der Waals surface area contributed by atoms with Crippen molar-refractivity contribution in [3.63, 3.8) is 0 Å². The number of nitrogens with one attached hydrogen (secondary N) is 1. The molecule has 3 rings (SSSR count). The van der Waals surface area contributed by atoms with E-state index in [1.807, 2.05) is 23.6 Å². The summed E-state index contributed by atoms with van der Waals surface area (Å²) in [6.07, 6.45) is 1.66. The lowest BCUT2D eigenvalue weighted by atomic mass is 9.79. The molecule has 4 nitrogen and oxygen atoms in total. The van der Waals surface area contributed by atoms with Crippen LogP contribution in [-0.4, -0.2) is 28.2 Å². The van der Waals surface area contributed by atoms with Crippen LogP contribution in [0.25, 0.3) is 0 Å². The van der Waals surface area contributed by atoms with E-state index in [0.29, 0.717) is 24.7 Å². The van der Waals surface area contributed by atoms with E-state index in [2.05, 4.69) is 31.6 Å². The summed E-state index contributed by atoms with van der Waals surface area (Å²) in [6, 6.07) is 11.3. The minimum Gasteiger partial charge on any atom is -0.381 e. The summed E-state index contributed by atoms with van der Waals surface area (Å²) in [5, 5.41) is 2.05. The summed E-state index contributed by atoms with van der Waals surface area (Å²) in [6.45, 7) is 8.08. The smallest absolute Gasteiger partial charge is 0.240 e. The quantitative estimate of drug-likeness (QED) is 0.833. The monoisotopic (exact) mass is 393 g/mol. The highest BCUT2D eigenvalue weighted by atomic mass is 32.2. The topological polar surface area (TPSA) is 55.4 Å². The molecule has 2 aromatic rings. The summed E-state index contributed by atoms with van der Waals surface area (Å²) in [7, 11) is -3.54. The molecule has 0 amide bonds. The molecule has 0 saturated carbocycles. The minimum absolute atomic E-state index is 0.00104. The molecule has 6 heteroatoms. The van der Waals surface area contributed by atoms with E-state index in [1.165, 1.54) is 4.88 Å². The van der Waals surface area contributed by atoms with Gasteiger partial charge in [0.25, 0.3) is 0 Å². The largest absolute Gasteiger partial charge is 0.381 e. The van der Waals surface area contributed by atoms with Gasteiger partial charge in [-0.3, -0.25) is 0 Å². The van der Waals surface area contributed by atoms with Crippen molar-refractivity contribution in [3.05, 3.63) is 52.2 Å². The minimum atomic E-state index is -3.54. The van der Waals surface area contributed by atoms with Gasteiger partial charge in [0.1, 0.15) is 0 Å². The number of sulfonamides is 1. The number of hydrogen-bond acceptors (Lipinski definition) is 4. The Bertz CT molecular complexity index is 813. The molecule has 2 heterocycles. The lowest BCUT2D eigenvalue weighted by Crippen LogP contribution is -2.44. The summed E-state index contributed by atoms with van der Waals surface area (Å²) >= 11 is 1.69. The van der Waals surface area contributed by atoms with E-state index in [4.69, 9.17) is 4.74 Å². The highest BCUT2D eigenvalue weighted by molar-refractivity contribution is 7.89. The van der Waals surface area contributed by atoms with Crippen LogP contribution < -0.4 is 4.72 Å². The molecule has 0 atom stereocenters. The summed E-state index contributed by atoms with van der Waals surface area (Å²) in [5.74, 6) is 0. The van der Waals surface area contributed by atoms with Crippen molar-refractivity contribution in [1.29, 1.82) is 0 Å². The molecular formula is C20H27NO3S2. The van der Waals surface area contributed by atoms with Gasteiger partial charge in [-0.25, -0.2) is 13.1 Å². The lowest BCUT2D eigenvalue weighted by molar-refractivity contribution is 0.0529. The molecule has 1 saturated heterocycles. The molecule has 1 fully saturated rings. The molecule has 0 spiro atoms. The predicted octanol–water partition coefficient (Wildman–Crippen LogP) is 4.07. The van der Waals surface area contributed by atoms with Crippen LogP contribution >= 0.6 is 11.3 Å². The zero-order chi connectivity index (χ0) is 18.8. The Kier molecular flexibility index (Phi) is 5.58. The molecule has 1 aromatic heterocycles. The number of benzene rings is 1. The van der Waals surface area contributed by atoms with Crippen molar-refractivity contribution in [3.8, 4) is 0 Å². The van der Waals surface area contributed by atoms with Crippen LogP contribution in [0.15, 0.2) is 46.7 Å². The highest BCUT2D eigenvalue weighted by Crippen LogP contribution is 2.37. The fourth-order valence-corrected chi connectivity index (χ4v) is 5.42. The average molecular weight is 394 g/mol. The first kappa shape index (κ1) is 19.5. The zero-order valence-electron chi connectivity index (χ0n) is 15.6. The van der Waals surface area contributed by atoms with Crippen LogP contribution in [0.5, 0.6) is 0 Å². The van der Waals surface area contributed by atoms with Crippen LogP contribution in [0, 0.1) is 0 Å². The van der Waals surface area contributed by atoms with Crippen LogP contribution in [-0.2, 0) is 25.6 Å². The molecule has 0 bridgehead atoms. The molecule has 26 heavy (non-hydrogen) atoms. The van der Waals surface area contributed by atoms with Gasteiger partial charge in [-0.1, -0.05) is 39.0 Å². The first-order valence-electron chi connectivity index (χ1n) is 8.95. The standard InChI is InChI=1S/C20H27NO3S2/c1-19(2,3)16-6-8-17(9-7-16)26(22,23)21-15-20(10-12-24-13-11-20)18-5-4-14-25-18/h4-9,14,21H,10-13,15H2,1-3H3. The fraction of sp³-hybridized carbons (Fsp3) is 0.500. The molecule has 0 aliphatic carbocycles. The Morgan fingerprint density at radius 2 is 1.77 bits per heavy atom. The van der Waals surface area contributed by atoms with E-state index in [1.54, 1.807) is 23.5 Å². The third kappa shape index (κ3) is 4.19. The van der Waals surface area contributed by atoms with Gasteiger partial charge in [0, 0.05) is 30.1 Å². The van der Waals surface area contributed by atoms with Crippen molar-refractivity contribution in [2.75, 3.05) is 19.8 Å². The van der Waals surface area contributed by atoms with Crippen LogP contribution in [0.4, 0.5) is 0 Å². The van der Waals surface area contributed by atoms with Gasteiger partial charge >= 0.3 is 0 Å². The maximum atomic E-state index is 12.8. The lowest BCUT2D eigenvalue weighted by Gasteiger charge is -2.36. The molecule has 0 radical (unpaired) electrons. The summed E-state index contributed by atoms with van der Waals surface area (Å²) in [5.41, 5.74) is 0.947. The number of ether oxygens (including phenoxy) is 1. The third-order valence-electron chi connectivity index (χ3n) is 5.12. The van der Waals surface area contributed by atoms with Crippen LogP contribution in [0.1, 0.15) is 44.1 Å². The third-order valence-corrected chi connectivity index (χ3v) is 7.66. The zero-order valence-corrected chi connectivity index (χ0v) is 17.3. The molecule has 1 N–H and O–H groups in total. The SMILES string of the molecule is CC(C)(C)c1ccc(S(=O)(=O)NCC2(c3cccs3)CCOCC2)cc1. The van der Waals surface area contributed by atoms with E-state index in [-0.39, 0.29) is 10.8 Å². The second kappa shape index (κ2) is 7.43. The molecule has 142 valence electrons. The van der Waals surface area contributed by atoms with E-state index in [9.17, 15) is 8.42 Å². The number of hydrogen-bond donors (Lipinski definition) is 1. The van der Waals surface area contributed by atoms with Gasteiger partial charge in [-0.15, -0.1) is 11.3 Å². The Morgan fingerprint density at radius 3 is 2.31 bits per heavy atom. The predicted molar refractivity (Wildman–Crippen MR) is 106 cm³/mol. The summed E-state index contributed by atoms with van der Waals surface area (Å²) in [4.78, 5) is 1.55. The highest BCUT2D eigenvalue weighted by Gasteiger charge is 2.36. The maximum Gasteiger partial charge on any atom is 0.240 e. The first-order valence-corrected chi connectivity index (χ1v) is 11.3. The number of thiophene rings is 1. The second-order valence-electron chi connectivity index (χ2n) is 7.97. The van der Waals surface area contributed by atoms with Gasteiger partial charge in [-0.05, 0) is 47.4 Å². The second-order valence-corrected chi connectivity index (χ2v) is 10.7. The van der Waals surface area contributed by atoms with Crippen LogP contribution in [0.3, 0.4) is 0 Å². The van der Waals surface area contributed by atoms with Crippen molar-refractivity contribution in [2.24, 2.45) is 0 Å². The summed E-state index contributed by atoms with van der Waals surface area (Å²) < 4.78 is 34.0.